The van der Waals surface area contributed by atoms with Crippen molar-refractivity contribution in [1.29, 1.82) is 0 Å². The molecule has 0 bridgehead atoms. The number of hydrogen-bond acceptors (Lipinski definition) is 5. The van der Waals surface area contributed by atoms with Gasteiger partial charge < -0.3 is 26.0 Å². The van der Waals surface area contributed by atoms with Crippen LogP contribution in [0.5, 0.6) is 0 Å². The average Bonchev–Trinajstić information content (AvgIpc) is 2.86. The number of nitrogens with zero attached hydrogens (tertiary/aromatic N) is 1. The van der Waals surface area contributed by atoms with Gasteiger partial charge in [0, 0.05) is 48.8 Å². The van der Waals surface area contributed by atoms with E-state index in [1.807, 2.05) is 7.05 Å². The summed E-state index contributed by atoms with van der Waals surface area (Å²) in [5, 5.41) is 17.1. The lowest BCUT2D eigenvalue weighted by atomic mass is 9.87. The summed E-state index contributed by atoms with van der Waals surface area (Å²) >= 11 is 5.57. The molecule has 4 rings (SSSR count). The van der Waals surface area contributed by atoms with Gasteiger partial charge in [0.1, 0.15) is 5.92 Å². The molecule has 0 saturated carbocycles. The summed E-state index contributed by atoms with van der Waals surface area (Å²) in [6.45, 7) is 2.05. The average molecular weight is 417 g/mol. The second-order valence-electron chi connectivity index (χ2n) is 7.70. The lowest BCUT2D eigenvalue weighted by Gasteiger charge is -2.30. The maximum absolute atomic E-state index is 12.5. The summed E-state index contributed by atoms with van der Waals surface area (Å²) in [7, 11) is 2.04. The van der Waals surface area contributed by atoms with Crippen molar-refractivity contribution in [2.45, 2.75) is 31.9 Å². The van der Waals surface area contributed by atoms with E-state index in [-0.39, 0.29) is 0 Å². The Morgan fingerprint density at radius 1 is 1.38 bits per heavy atom. The first-order valence-electron chi connectivity index (χ1n) is 9.86. The van der Waals surface area contributed by atoms with Gasteiger partial charge in [-0.1, -0.05) is 0 Å². The Kier molecular flexibility index (Phi) is 5.48. The Hall–Kier alpha value is -2.19. The van der Waals surface area contributed by atoms with Crippen molar-refractivity contribution in [3.63, 3.8) is 0 Å². The molecule has 1 aromatic carbocycles. The number of fused-ring (bicyclic) bond motifs is 3. The van der Waals surface area contributed by atoms with Crippen LogP contribution in [0.1, 0.15) is 29.7 Å². The van der Waals surface area contributed by atoms with E-state index in [2.05, 4.69) is 33.4 Å². The van der Waals surface area contributed by atoms with Crippen LogP contribution in [0.4, 0.5) is 0 Å². The first kappa shape index (κ1) is 20.1. The summed E-state index contributed by atoms with van der Waals surface area (Å²) in [6, 6.07) is 6.34. The van der Waals surface area contributed by atoms with Crippen molar-refractivity contribution < 1.29 is 14.7 Å². The van der Waals surface area contributed by atoms with E-state index < -0.39 is 23.2 Å². The number of rotatable bonds is 5. The van der Waals surface area contributed by atoms with Crippen LogP contribution in [0, 0.1) is 5.92 Å². The lowest BCUT2D eigenvalue weighted by Crippen LogP contribution is -2.46. The minimum absolute atomic E-state index is 0.552. The van der Waals surface area contributed by atoms with Crippen LogP contribution in [0.15, 0.2) is 23.8 Å². The molecular formula is C21H25ClN4O3. The van der Waals surface area contributed by atoms with Crippen LogP contribution >= 0.6 is 11.6 Å². The number of amides is 1. The van der Waals surface area contributed by atoms with Crippen LogP contribution < -0.4 is 16.4 Å². The third kappa shape index (κ3) is 3.48. The van der Waals surface area contributed by atoms with Gasteiger partial charge in [0.05, 0.1) is 11.8 Å². The van der Waals surface area contributed by atoms with Crippen LogP contribution in [-0.4, -0.2) is 40.0 Å². The molecule has 2 heterocycles. The molecule has 2 aromatic rings. The fourth-order valence-corrected chi connectivity index (χ4v) is 4.61. The zero-order chi connectivity index (χ0) is 20.7. The molecule has 2 unspecified atom stereocenters. The van der Waals surface area contributed by atoms with E-state index in [9.17, 15) is 14.7 Å². The zero-order valence-electron chi connectivity index (χ0n) is 16.3. The number of nitrogens with two attached hydrogens (primary N) is 1. The van der Waals surface area contributed by atoms with Gasteiger partial charge in [-0.05, 0) is 60.2 Å². The molecule has 2 atom stereocenters. The Balaban J connectivity index is 1.80. The van der Waals surface area contributed by atoms with E-state index >= 15 is 0 Å². The predicted molar refractivity (Wildman–Crippen MR) is 112 cm³/mol. The summed E-state index contributed by atoms with van der Waals surface area (Å²) in [6.07, 6.45) is 1.07. The largest absolute Gasteiger partial charge is 0.387 e. The zero-order valence-corrected chi connectivity index (χ0v) is 17.1. The third-order valence-corrected chi connectivity index (χ3v) is 6.16. The molecule has 0 spiro atoms. The number of aliphatic hydroxyl groups is 1. The molecule has 29 heavy (non-hydrogen) atoms. The van der Waals surface area contributed by atoms with Crippen molar-refractivity contribution in [3.8, 4) is 0 Å². The van der Waals surface area contributed by atoms with E-state index in [1.54, 1.807) is 0 Å². The first-order valence-corrected chi connectivity index (χ1v) is 10.2. The van der Waals surface area contributed by atoms with Crippen molar-refractivity contribution in [2.24, 2.45) is 18.7 Å². The van der Waals surface area contributed by atoms with Crippen LogP contribution in [0.25, 0.3) is 16.6 Å². The number of aliphatic hydroxyl groups excluding tert-OH is 1. The highest BCUT2D eigenvalue weighted by molar-refractivity contribution is 6.65. The van der Waals surface area contributed by atoms with Gasteiger partial charge in [-0.25, -0.2) is 0 Å². The molecule has 1 aliphatic heterocycles. The number of carbonyl (C=O) groups excluding carboxylic acids is 2. The number of aryl methyl sites for hydroxylation is 2. The van der Waals surface area contributed by atoms with Crippen molar-refractivity contribution in [2.75, 3.05) is 13.1 Å². The summed E-state index contributed by atoms with van der Waals surface area (Å²) in [5.74, 6) is -1.80. The molecule has 1 amide bonds. The van der Waals surface area contributed by atoms with E-state index in [0.717, 1.165) is 53.7 Å². The maximum atomic E-state index is 12.5. The van der Waals surface area contributed by atoms with Crippen LogP contribution in [-0.2, 0) is 29.6 Å². The molecule has 1 aliphatic carbocycles. The number of nitrogens with one attached hydrogen (secondary N) is 2. The maximum Gasteiger partial charge on any atom is 0.239 e. The fraction of sp³-hybridized carbons (Fsp3) is 0.429. The molecule has 2 aliphatic rings. The number of aromatic nitrogens is 1. The Morgan fingerprint density at radius 3 is 2.90 bits per heavy atom. The molecule has 7 nitrogen and oxygen atoms in total. The quantitative estimate of drug-likeness (QED) is 0.332. The van der Waals surface area contributed by atoms with Gasteiger partial charge in [0.15, 0.2) is 0 Å². The normalized spacial score (nSPS) is 21.6. The van der Waals surface area contributed by atoms with Gasteiger partial charge >= 0.3 is 0 Å². The molecule has 0 fully saturated rings. The van der Waals surface area contributed by atoms with Crippen LogP contribution in [0.2, 0.25) is 0 Å². The van der Waals surface area contributed by atoms with Gasteiger partial charge in [-0.2, -0.15) is 0 Å². The van der Waals surface area contributed by atoms with E-state index in [0.29, 0.717) is 24.2 Å². The van der Waals surface area contributed by atoms with Gasteiger partial charge in [0.25, 0.3) is 0 Å². The smallest absolute Gasteiger partial charge is 0.239 e. The Labute approximate surface area is 173 Å². The van der Waals surface area contributed by atoms with Crippen molar-refractivity contribution in [3.05, 3.63) is 40.6 Å². The second kappa shape index (κ2) is 7.91. The van der Waals surface area contributed by atoms with Gasteiger partial charge in [-0.15, -0.1) is 0 Å². The first-order chi connectivity index (χ1) is 13.9. The number of carbonyl (C=O) groups is 2. The molecule has 8 heteroatoms. The molecule has 0 radical (unpaired) electrons. The molecular weight excluding hydrogens is 392 g/mol. The standard InChI is InChI=1S/C21H25ClN4O3/c1-26-13(10-24-6-5-23)7-12-8-15-11(9-16(12)26)3-2-4-14-18(15)25-21(29)17(19(14)27)20(22)28/h7-9,17,19,24,27H,2-6,10,23H2,1H3,(H,25,29). The fourth-order valence-electron chi connectivity index (χ4n) is 4.40. The highest BCUT2D eigenvalue weighted by Crippen LogP contribution is 2.38. The molecule has 0 saturated heterocycles. The topological polar surface area (TPSA) is 109 Å². The molecule has 154 valence electrons. The monoisotopic (exact) mass is 416 g/mol. The Morgan fingerprint density at radius 2 is 2.17 bits per heavy atom. The van der Waals surface area contributed by atoms with Crippen molar-refractivity contribution in [1.82, 2.24) is 15.2 Å². The van der Waals surface area contributed by atoms with Crippen LogP contribution in [0.3, 0.4) is 0 Å². The minimum atomic E-state index is -1.25. The summed E-state index contributed by atoms with van der Waals surface area (Å²) in [5.41, 5.74) is 11.2. The third-order valence-electron chi connectivity index (χ3n) is 5.92. The summed E-state index contributed by atoms with van der Waals surface area (Å²) in [4.78, 5) is 24.1. The number of halogens is 1. The Bertz CT molecular complexity index is 1030. The van der Waals surface area contributed by atoms with Gasteiger partial charge in [0.2, 0.25) is 11.1 Å². The number of hydrogen-bond donors (Lipinski definition) is 4. The van der Waals surface area contributed by atoms with Crippen molar-refractivity contribution >= 4 is 39.4 Å². The van der Waals surface area contributed by atoms with Gasteiger partial charge in [-0.3, -0.25) is 9.59 Å². The minimum Gasteiger partial charge on any atom is -0.387 e. The summed E-state index contributed by atoms with van der Waals surface area (Å²) < 4.78 is 2.16. The highest BCUT2D eigenvalue weighted by atomic mass is 35.5. The predicted octanol–water partition coefficient (Wildman–Crippen LogP) is 1.15. The van der Waals surface area contributed by atoms with E-state index in [4.69, 9.17) is 17.3 Å². The second-order valence-corrected chi connectivity index (χ2v) is 8.07. The molecule has 1 aromatic heterocycles. The SMILES string of the molecule is Cn1c(CNCCN)cc2cc3c(cc21)CCCC1=C3NC(=O)C(C(=O)Cl)C1O. The highest BCUT2D eigenvalue weighted by Gasteiger charge is 2.41. The lowest BCUT2D eigenvalue weighted by molar-refractivity contribution is -0.133. The molecule has 5 N–H and O–H groups in total. The van der Waals surface area contributed by atoms with E-state index in [1.165, 1.54) is 0 Å². The number of benzene rings is 1.